The molecule has 0 aromatic heterocycles. The van der Waals surface area contributed by atoms with Crippen molar-refractivity contribution in [3.8, 4) is 0 Å². The van der Waals surface area contributed by atoms with Gasteiger partial charge in [0.15, 0.2) is 0 Å². The predicted octanol–water partition coefficient (Wildman–Crippen LogP) is 4.74. The first kappa shape index (κ1) is 27.6. The van der Waals surface area contributed by atoms with Crippen molar-refractivity contribution in [1.82, 2.24) is 5.32 Å². The second-order valence-corrected chi connectivity index (χ2v) is 10.2. The summed E-state index contributed by atoms with van der Waals surface area (Å²) in [6, 6.07) is 12.3. The number of nitrogens with two attached hydrogens (primary N) is 1. The number of hydrogen-bond donors (Lipinski definition) is 3. The lowest BCUT2D eigenvalue weighted by Gasteiger charge is -2.26. The molecular weight excluding hydrogens is 521 g/mol. The Labute approximate surface area is 223 Å². The van der Waals surface area contributed by atoms with Gasteiger partial charge in [-0.3, -0.25) is 14.4 Å². The van der Waals surface area contributed by atoms with E-state index in [-0.39, 0.29) is 17.4 Å². The number of alkyl halides is 3. The zero-order valence-electron chi connectivity index (χ0n) is 20.6. The molecule has 3 amide bonds. The van der Waals surface area contributed by atoms with Crippen molar-refractivity contribution < 1.29 is 27.6 Å². The lowest BCUT2D eigenvalue weighted by molar-refractivity contribution is -0.146. The second kappa shape index (κ2) is 11.1. The number of anilines is 1. The van der Waals surface area contributed by atoms with E-state index in [2.05, 4.69) is 15.6 Å². The van der Waals surface area contributed by atoms with E-state index in [4.69, 9.17) is 17.3 Å². The highest BCUT2D eigenvalue weighted by molar-refractivity contribution is 6.36. The first-order valence-electron chi connectivity index (χ1n) is 12.3. The standard InChI is InChI=1S/C27H28ClF3N4O3/c1-14-5-2-3-6-16(14)21-18-7-4-8-20(28)22(18)34-26(38)24(33-21)35-25(37)17(11-12-27(29,30)31)19(23(32)36)13-15-9-10-15/h2-8,15,17,19,24H,9-13H2,1H3,(H2,32,36)(H,34,38)(H,35,37). The molecule has 0 saturated heterocycles. The van der Waals surface area contributed by atoms with Crippen molar-refractivity contribution in [1.29, 1.82) is 0 Å². The minimum Gasteiger partial charge on any atom is -0.369 e. The average Bonchev–Trinajstić information content (AvgIpc) is 3.67. The van der Waals surface area contributed by atoms with Crippen LogP contribution in [0.5, 0.6) is 0 Å². The van der Waals surface area contributed by atoms with Crippen molar-refractivity contribution in [2.45, 2.75) is 51.4 Å². The molecule has 3 unspecified atom stereocenters. The number of benzodiazepines with no additional fused rings is 1. The van der Waals surface area contributed by atoms with E-state index >= 15 is 0 Å². The second-order valence-electron chi connectivity index (χ2n) is 9.80. The molecule has 7 nitrogen and oxygen atoms in total. The van der Waals surface area contributed by atoms with Crippen LogP contribution >= 0.6 is 11.6 Å². The van der Waals surface area contributed by atoms with E-state index < -0.39 is 54.7 Å². The summed E-state index contributed by atoms with van der Waals surface area (Å²) < 4.78 is 39.3. The lowest BCUT2D eigenvalue weighted by atomic mass is 9.83. The molecule has 1 aliphatic carbocycles. The van der Waals surface area contributed by atoms with E-state index in [1.165, 1.54) is 0 Å². The third-order valence-electron chi connectivity index (χ3n) is 6.91. The first-order chi connectivity index (χ1) is 17.9. The molecule has 2 aromatic rings. The van der Waals surface area contributed by atoms with Gasteiger partial charge < -0.3 is 16.4 Å². The van der Waals surface area contributed by atoms with Gasteiger partial charge in [-0.2, -0.15) is 13.2 Å². The van der Waals surface area contributed by atoms with Gasteiger partial charge in [0.05, 0.1) is 16.4 Å². The number of hydrogen-bond acceptors (Lipinski definition) is 4. The Morgan fingerprint density at radius 3 is 2.45 bits per heavy atom. The summed E-state index contributed by atoms with van der Waals surface area (Å²) in [6.07, 6.45) is -6.05. The topological polar surface area (TPSA) is 114 Å². The van der Waals surface area contributed by atoms with Gasteiger partial charge in [-0.1, -0.05) is 60.8 Å². The Bertz CT molecular complexity index is 1280. The Kier molecular flexibility index (Phi) is 8.10. The van der Waals surface area contributed by atoms with E-state index in [0.717, 1.165) is 18.4 Å². The molecule has 3 atom stereocenters. The van der Waals surface area contributed by atoms with Gasteiger partial charge in [0.25, 0.3) is 5.91 Å². The zero-order valence-corrected chi connectivity index (χ0v) is 21.4. The summed E-state index contributed by atoms with van der Waals surface area (Å²) in [6.45, 7) is 1.86. The molecular formula is C27H28ClF3N4O3. The molecule has 4 rings (SSSR count). The highest BCUT2D eigenvalue weighted by Gasteiger charge is 2.41. The monoisotopic (exact) mass is 548 g/mol. The number of nitrogens with zero attached hydrogens (tertiary/aromatic N) is 1. The number of nitrogens with one attached hydrogen (secondary N) is 2. The van der Waals surface area contributed by atoms with Crippen LogP contribution in [-0.2, 0) is 14.4 Å². The van der Waals surface area contributed by atoms with Crippen molar-refractivity contribution in [3.05, 3.63) is 64.2 Å². The maximum atomic E-state index is 13.4. The third-order valence-corrected chi connectivity index (χ3v) is 7.23. The number of carbonyl (C=O) groups is 3. The summed E-state index contributed by atoms with van der Waals surface area (Å²) in [5, 5.41) is 5.43. The van der Waals surface area contributed by atoms with Crippen LogP contribution in [0.4, 0.5) is 18.9 Å². The number of primary amides is 1. The fourth-order valence-corrected chi connectivity index (χ4v) is 4.94. The summed E-state index contributed by atoms with van der Waals surface area (Å²) in [5.74, 6) is -4.77. The molecule has 1 fully saturated rings. The molecule has 2 aromatic carbocycles. The normalized spacial score (nSPS) is 18.9. The zero-order chi connectivity index (χ0) is 27.6. The Hall–Kier alpha value is -3.40. The molecule has 0 bridgehead atoms. The van der Waals surface area contributed by atoms with Crippen LogP contribution in [0.15, 0.2) is 47.5 Å². The third kappa shape index (κ3) is 6.53. The Morgan fingerprint density at radius 1 is 1.13 bits per heavy atom. The van der Waals surface area contributed by atoms with E-state index in [0.29, 0.717) is 22.5 Å². The van der Waals surface area contributed by atoms with Crippen molar-refractivity contribution in [3.63, 3.8) is 0 Å². The molecule has 202 valence electrons. The van der Waals surface area contributed by atoms with E-state index in [9.17, 15) is 27.6 Å². The number of benzene rings is 2. The highest BCUT2D eigenvalue weighted by atomic mass is 35.5. The summed E-state index contributed by atoms with van der Waals surface area (Å²) in [4.78, 5) is 43.4. The molecule has 11 heteroatoms. The molecule has 38 heavy (non-hydrogen) atoms. The summed E-state index contributed by atoms with van der Waals surface area (Å²) in [5.41, 5.74) is 8.27. The van der Waals surface area contributed by atoms with Gasteiger partial charge in [0.2, 0.25) is 18.0 Å². The lowest BCUT2D eigenvalue weighted by Crippen LogP contribution is -2.48. The van der Waals surface area contributed by atoms with Gasteiger partial charge in [-0.15, -0.1) is 0 Å². The maximum Gasteiger partial charge on any atom is 0.389 e. The van der Waals surface area contributed by atoms with Crippen molar-refractivity contribution in [2.24, 2.45) is 28.5 Å². The molecule has 4 N–H and O–H groups in total. The Balaban J connectivity index is 1.70. The Morgan fingerprint density at radius 2 is 1.82 bits per heavy atom. The molecule has 1 saturated carbocycles. The largest absolute Gasteiger partial charge is 0.389 e. The van der Waals surface area contributed by atoms with Crippen LogP contribution in [0.3, 0.4) is 0 Å². The van der Waals surface area contributed by atoms with Crippen molar-refractivity contribution >= 4 is 40.7 Å². The molecule has 1 aliphatic heterocycles. The van der Waals surface area contributed by atoms with Gasteiger partial charge in [0.1, 0.15) is 0 Å². The highest BCUT2D eigenvalue weighted by Crippen LogP contribution is 2.39. The van der Waals surface area contributed by atoms with Gasteiger partial charge in [-0.05, 0) is 37.3 Å². The van der Waals surface area contributed by atoms with Crippen LogP contribution < -0.4 is 16.4 Å². The van der Waals surface area contributed by atoms with Crippen LogP contribution in [0, 0.1) is 24.7 Å². The smallest absolute Gasteiger partial charge is 0.369 e. The van der Waals surface area contributed by atoms with Crippen molar-refractivity contribution in [2.75, 3.05) is 5.32 Å². The van der Waals surface area contributed by atoms with Crippen LogP contribution in [-0.4, -0.2) is 35.8 Å². The van der Waals surface area contributed by atoms with Gasteiger partial charge in [-0.25, -0.2) is 4.99 Å². The molecule has 1 heterocycles. The number of aryl methyl sites for hydroxylation is 1. The quantitative estimate of drug-likeness (QED) is 0.420. The van der Waals surface area contributed by atoms with Gasteiger partial charge >= 0.3 is 6.18 Å². The van der Waals surface area contributed by atoms with Gasteiger partial charge in [0, 0.05) is 29.4 Å². The predicted molar refractivity (Wildman–Crippen MR) is 138 cm³/mol. The average molecular weight is 549 g/mol. The number of para-hydroxylation sites is 1. The molecule has 0 radical (unpaired) electrons. The minimum absolute atomic E-state index is 0.136. The van der Waals surface area contributed by atoms with Crippen LogP contribution in [0.2, 0.25) is 5.02 Å². The molecule has 0 spiro atoms. The number of fused-ring (bicyclic) bond motifs is 1. The summed E-state index contributed by atoms with van der Waals surface area (Å²) in [7, 11) is 0. The number of rotatable bonds is 9. The number of carbonyl (C=O) groups excluding carboxylic acids is 3. The fraction of sp³-hybridized carbons (Fsp3) is 0.407. The fourth-order valence-electron chi connectivity index (χ4n) is 4.72. The van der Waals surface area contributed by atoms with Crippen LogP contribution in [0.1, 0.15) is 48.8 Å². The van der Waals surface area contributed by atoms with Crippen LogP contribution in [0.25, 0.3) is 0 Å². The molecule has 2 aliphatic rings. The summed E-state index contributed by atoms with van der Waals surface area (Å²) >= 11 is 6.38. The minimum atomic E-state index is -4.53. The first-order valence-corrected chi connectivity index (χ1v) is 12.7. The number of aliphatic imine (C=N–C) groups is 1. The maximum absolute atomic E-state index is 13.4. The number of amides is 3. The van der Waals surface area contributed by atoms with E-state index in [1.807, 2.05) is 19.1 Å². The SMILES string of the molecule is Cc1ccccc1C1=NC(NC(=O)C(CCC(F)(F)F)C(CC2CC2)C(N)=O)C(=O)Nc2c(Cl)cccc21. The number of halogens is 4. The van der Waals surface area contributed by atoms with E-state index in [1.54, 1.807) is 30.3 Å².